The summed E-state index contributed by atoms with van der Waals surface area (Å²) in [6, 6.07) is 11.7. The Morgan fingerprint density at radius 1 is 0.960 bits per heavy atom. The summed E-state index contributed by atoms with van der Waals surface area (Å²) in [4.78, 5) is 16.3. The summed E-state index contributed by atoms with van der Waals surface area (Å²) in [7, 11) is 0. The van der Waals surface area contributed by atoms with Crippen LogP contribution in [0.4, 0.5) is 10.1 Å². The summed E-state index contributed by atoms with van der Waals surface area (Å²) in [5, 5.41) is 0.950. The second-order valence-electron chi connectivity index (χ2n) is 5.80. The largest absolute Gasteiger partial charge is 0.368 e. The number of hydrogen-bond acceptors (Lipinski definition) is 2. The minimum absolute atomic E-state index is 0.0372. The highest BCUT2D eigenvalue weighted by Crippen LogP contribution is 2.23. The number of anilines is 1. The average Bonchev–Trinajstić information content (AvgIpc) is 2.63. The van der Waals surface area contributed by atoms with E-state index in [2.05, 4.69) is 4.90 Å². The molecule has 2 aromatic carbocycles. The number of benzene rings is 2. The van der Waals surface area contributed by atoms with Gasteiger partial charge in [-0.2, -0.15) is 0 Å². The Hall–Kier alpha value is -2.04. The molecule has 6 heteroatoms. The molecule has 2 aromatic rings. The van der Waals surface area contributed by atoms with Crippen LogP contribution in [0.5, 0.6) is 0 Å². The number of piperazine rings is 1. The molecule has 130 valence electrons. The van der Waals surface area contributed by atoms with Crippen LogP contribution >= 0.6 is 23.2 Å². The fourth-order valence-electron chi connectivity index (χ4n) is 2.73. The lowest BCUT2D eigenvalue weighted by Crippen LogP contribution is -2.48. The van der Waals surface area contributed by atoms with Crippen molar-refractivity contribution in [2.45, 2.75) is 0 Å². The summed E-state index contributed by atoms with van der Waals surface area (Å²) in [6.45, 7) is 2.69. The van der Waals surface area contributed by atoms with Gasteiger partial charge in [-0.3, -0.25) is 4.79 Å². The van der Waals surface area contributed by atoms with Crippen LogP contribution in [0, 0.1) is 5.82 Å². The first-order valence-corrected chi connectivity index (χ1v) is 8.71. The van der Waals surface area contributed by atoms with Crippen LogP contribution in [0.15, 0.2) is 48.5 Å². The summed E-state index contributed by atoms with van der Waals surface area (Å²) in [5.41, 5.74) is 1.80. The number of nitrogens with zero attached hydrogens (tertiary/aromatic N) is 2. The maximum absolute atomic E-state index is 13.0. The first kappa shape index (κ1) is 17.8. The van der Waals surface area contributed by atoms with E-state index in [1.807, 2.05) is 6.07 Å². The van der Waals surface area contributed by atoms with Crippen molar-refractivity contribution in [2.24, 2.45) is 0 Å². The van der Waals surface area contributed by atoms with E-state index in [1.165, 1.54) is 12.1 Å². The van der Waals surface area contributed by atoms with Crippen molar-refractivity contribution in [2.75, 3.05) is 31.1 Å². The van der Waals surface area contributed by atoms with E-state index < -0.39 is 0 Å². The fourth-order valence-corrected chi connectivity index (χ4v) is 3.03. The molecule has 1 aliphatic rings. The Kier molecular flexibility index (Phi) is 5.61. The van der Waals surface area contributed by atoms with Gasteiger partial charge >= 0.3 is 0 Å². The molecule has 0 saturated carbocycles. The second-order valence-corrected chi connectivity index (χ2v) is 6.61. The normalized spacial score (nSPS) is 15.0. The molecule has 25 heavy (non-hydrogen) atoms. The van der Waals surface area contributed by atoms with E-state index >= 15 is 0 Å². The number of halogens is 3. The van der Waals surface area contributed by atoms with Crippen molar-refractivity contribution in [3.63, 3.8) is 0 Å². The number of hydrogen-bond donors (Lipinski definition) is 0. The molecule has 3 nitrogen and oxygen atoms in total. The molecular weight excluding hydrogens is 362 g/mol. The standard InChI is InChI=1S/C19H17Cl2FN2O/c20-17-7-1-14(13-18(17)21)2-8-19(25)24-11-9-23(10-12-24)16-5-3-15(22)4-6-16/h1-8,13H,9-12H2/b8-2-. The maximum atomic E-state index is 13.0. The van der Waals surface area contributed by atoms with Crippen LogP contribution in [0.25, 0.3) is 6.08 Å². The van der Waals surface area contributed by atoms with E-state index in [1.54, 1.807) is 41.3 Å². The number of carbonyl (C=O) groups excluding carboxylic acids is 1. The molecule has 1 amide bonds. The highest BCUT2D eigenvalue weighted by atomic mass is 35.5. The van der Waals surface area contributed by atoms with Gasteiger partial charge in [-0.1, -0.05) is 29.3 Å². The maximum Gasteiger partial charge on any atom is 0.246 e. The van der Waals surface area contributed by atoms with Gasteiger partial charge in [-0.05, 0) is 48.0 Å². The lowest BCUT2D eigenvalue weighted by Gasteiger charge is -2.35. The van der Waals surface area contributed by atoms with Crippen molar-refractivity contribution >= 4 is 40.9 Å². The van der Waals surface area contributed by atoms with E-state index in [4.69, 9.17) is 23.2 Å². The van der Waals surface area contributed by atoms with Crippen molar-refractivity contribution in [3.05, 3.63) is 70.0 Å². The molecule has 1 saturated heterocycles. The summed E-state index contributed by atoms with van der Waals surface area (Å²) >= 11 is 11.9. The van der Waals surface area contributed by atoms with Gasteiger partial charge in [0.1, 0.15) is 5.82 Å². The van der Waals surface area contributed by atoms with Gasteiger partial charge in [0.25, 0.3) is 0 Å². The Morgan fingerprint density at radius 3 is 2.28 bits per heavy atom. The molecule has 0 N–H and O–H groups in total. The number of carbonyl (C=O) groups is 1. The molecular formula is C19H17Cl2FN2O. The molecule has 0 bridgehead atoms. The Morgan fingerprint density at radius 2 is 1.64 bits per heavy atom. The van der Waals surface area contributed by atoms with Gasteiger partial charge in [0.05, 0.1) is 10.0 Å². The smallest absolute Gasteiger partial charge is 0.246 e. The predicted molar refractivity (Wildman–Crippen MR) is 101 cm³/mol. The van der Waals surface area contributed by atoms with Gasteiger partial charge in [0.2, 0.25) is 5.91 Å². The monoisotopic (exact) mass is 378 g/mol. The summed E-state index contributed by atoms with van der Waals surface area (Å²) < 4.78 is 13.0. The van der Waals surface area contributed by atoms with Gasteiger partial charge in [-0.15, -0.1) is 0 Å². The fraction of sp³-hybridized carbons (Fsp3) is 0.211. The molecule has 3 rings (SSSR count). The molecule has 1 fully saturated rings. The van der Waals surface area contributed by atoms with E-state index in [-0.39, 0.29) is 11.7 Å². The van der Waals surface area contributed by atoms with E-state index in [9.17, 15) is 9.18 Å². The second kappa shape index (κ2) is 7.89. The van der Waals surface area contributed by atoms with Crippen LogP contribution < -0.4 is 4.90 Å². The van der Waals surface area contributed by atoms with Crippen molar-refractivity contribution < 1.29 is 9.18 Å². The Bertz CT molecular complexity index is 785. The molecule has 0 aliphatic carbocycles. The highest BCUT2D eigenvalue weighted by molar-refractivity contribution is 6.42. The highest BCUT2D eigenvalue weighted by Gasteiger charge is 2.19. The SMILES string of the molecule is O=C(/C=C\c1ccc(Cl)c(Cl)c1)N1CCN(c2ccc(F)cc2)CC1. The summed E-state index contributed by atoms with van der Waals surface area (Å²) in [6.07, 6.45) is 3.28. The first-order chi connectivity index (χ1) is 12.0. The first-order valence-electron chi connectivity index (χ1n) is 7.95. The third-order valence-electron chi connectivity index (χ3n) is 4.15. The van der Waals surface area contributed by atoms with Crippen LogP contribution in [-0.4, -0.2) is 37.0 Å². The van der Waals surface area contributed by atoms with E-state index in [0.717, 1.165) is 24.3 Å². The van der Waals surface area contributed by atoms with Gasteiger partial charge < -0.3 is 9.80 Å². The third kappa shape index (κ3) is 4.53. The van der Waals surface area contributed by atoms with Crippen molar-refractivity contribution in [1.82, 2.24) is 4.90 Å². The van der Waals surface area contributed by atoms with Crippen LogP contribution in [-0.2, 0) is 4.79 Å². The number of rotatable bonds is 3. The molecule has 0 aromatic heterocycles. The quantitative estimate of drug-likeness (QED) is 0.734. The van der Waals surface area contributed by atoms with E-state index in [0.29, 0.717) is 23.1 Å². The molecule has 1 heterocycles. The zero-order valence-electron chi connectivity index (χ0n) is 13.5. The van der Waals surface area contributed by atoms with Crippen LogP contribution in [0.2, 0.25) is 10.0 Å². The Balaban J connectivity index is 1.56. The van der Waals surface area contributed by atoms with Gasteiger partial charge in [0.15, 0.2) is 0 Å². The predicted octanol–water partition coefficient (Wildman–Crippen LogP) is 4.49. The number of amides is 1. The van der Waals surface area contributed by atoms with Gasteiger partial charge in [-0.25, -0.2) is 4.39 Å². The molecule has 0 unspecified atom stereocenters. The molecule has 0 atom stereocenters. The summed E-state index contributed by atoms with van der Waals surface area (Å²) in [5.74, 6) is -0.283. The lowest BCUT2D eigenvalue weighted by atomic mass is 10.2. The lowest BCUT2D eigenvalue weighted by molar-refractivity contribution is -0.126. The Labute approximate surface area is 156 Å². The van der Waals surface area contributed by atoms with Crippen LogP contribution in [0.3, 0.4) is 0 Å². The average molecular weight is 379 g/mol. The topological polar surface area (TPSA) is 23.6 Å². The minimum atomic E-state index is -0.245. The van der Waals surface area contributed by atoms with Crippen molar-refractivity contribution in [1.29, 1.82) is 0 Å². The zero-order valence-corrected chi connectivity index (χ0v) is 15.0. The molecule has 0 spiro atoms. The van der Waals surface area contributed by atoms with Gasteiger partial charge in [0, 0.05) is 37.9 Å². The molecule has 1 aliphatic heterocycles. The zero-order chi connectivity index (χ0) is 17.8. The van der Waals surface area contributed by atoms with Crippen molar-refractivity contribution in [3.8, 4) is 0 Å². The molecule has 0 radical (unpaired) electrons. The minimum Gasteiger partial charge on any atom is -0.368 e. The van der Waals surface area contributed by atoms with Crippen LogP contribution in [0.1, 0.15) is 5.56 Å². The third-order valence-corrected chi connectivity index (χ3v) is 4.88.